The quantitative estimate of drug-likeness (QED) is 0.832. The maximum absolute atomic E-state index is 13.5. The highest BCUT2D eigenvalue weighted by molar-refractivity contribution is 5.82. The Kier molecular flexibility index (Phi) is 6.17. The van der Waals surface area contributed by atoms with Gasteiger partial charge in [-0.2, -0.15) is 0 Å². The Hall–Kier alpha value is -2.47. The van der Waals surface area contributed by atoms with Gasteiger partial charge in [0.05, 0.1) is 0 Å². The molecule has 1 aliphatic rings. The number of carbonyl (C=O) groups excluding carboxylic acids is 1. The van der Waals surface area contributed by atoms with E-state index in [0.29, 0.717) is 18.0 Å². The molecule has 0 radical (unpaired) electrons. The molecule has 1 saturated heterocycles. The minimum absolute atomic E-state index is 0.104. The van der Waals surface area contributed by atoms with E-state index >= 15 is 0 Å². The Morgan fingerprint density at radius 2 is 2.00 bits per heavy atom. The van der Waals surface area contributed by atoms with Gasteiger partial charge in [0.25, 0.3) is 5.91 Å². The summed E-state index contributed by atoms with van der Waals surface area (Å²) < 4.78 is 32.3. The molecular formula is C20H22F2N2O2. The average Bonchev–Trinajstić information content (AvgIpc) is 2.68. The molecule has 1 heterocycles. The lowest BCUT2D eigenvalue weighted by atomic mass is 9.99. The number of amides is 1. The van der Waals surface area contributed by atoms with Gasteiger partial charge in [-0.1, -0.05) is 30.3 Å². The predicted molar refractivity (Wildman–Crippen MR) is 94.8 cm³/mol. The number of rotatable bonds is 6. The zero-order valence-electron chi connectivity index (χ0n) is 14.4. The van der Waals surface area contributed by atoms with E-state index in [1.165, 1.54) is 6.07 Å². The number of benzene rings is 2. The van der Waals surface area contributed by atoms with Crippen LogP contribution in [0.15, 0.2) is 48.5 Å². The van der Waals surface area contributed by atoms with Crippen LogP contribution in [-0.4, -0.2) is 25.5 Å². The second kappa shape index (κ2) is 8.76. The Bertz CT molecular complexity index is 734. The summed E-state index contributed by atoms with van der Waals surface area (Å²) in [5.41, 5.74) is 0.650. The smallest absolute Gasteiger partial charge is 0.265 e. The molecule has 0 saturated carbocycles. The summed E-state index contributed by atoms with van der Waals surface area (Å²) in [6.07, 6.45) is 1.22. The molecule has 1 fully saturated rings. The van der Waals surface area contributed by atoms with Crippen LogP contribution in [0, 0.1) is 17.6 Å². The molecule has 0 aliphatic carbocycles. The Labute approximate surface area is 151 Å². The van der Waals surface area contributed by atoms with Gasteiger partial charge in [-0.25, -0.2) is 8.78 Å². The fraction of sp³-hybridized carbons (Fsp3) is 0.350. The van der Waals surface area contributed by atoms with Crippen molar-refractivity contribution in [3.05, 3.63) is 65.7 Å². The van der Waals surface area contributed by atoms with E-state index in [0.717, 1.165) is 38.1 Å². The summed E-state index contributed by atoms with van der Waals surface area (Å²) >= 11 is 0. The van der Waals surface area contributed by atoms with Crippen LogP contribution in [-0.2, 0) is 4.79 Å². The summed E-state index contributed by atoms with van der Waals surface area (Å²) in [6, 6.07) is 12.2. The first kappa shape index (κ1) is 18.3. The number of hydrogen-bond acceptors (Lipinski definition) is 3. The molecular weight excluding hydrogens is 338 g/mol. The number of halogens is 2. The second-order valence-electron chi connectivity index (χ2n) is 6.44. The van der Waals surface area contributed by atoms with Gasteiger partial charge < -0.3 is 15.4 Å². The third-order valence-electron chi connectivity index (χ3n) is 4.45. The highest BCUT2D eigenvalue weighted by atomic mass is 19.2. The van der Waals surface area contributed by atoms with E-state index in [1.54, 1.807) is 24.3 Å². The van der Waals surface area contributed by atoms with E-state index < -0.39 is 17.7 Å². The standard InChI is InChI=1S/C20H22F2N2O2/c21-17-9-8-16(11-18(17)22)26-19(15-6-2-1-3-7-15)20(25)24-13-14-5-4-10-23-12-14/h1-3,6-9,11,14,19,23H,4-5,10,12-13H2,(H,24,25). The van der Waals surface area contributed by atoms with E-state index in [2.05, 4.69) is 10.6 Å². The van der Waals surface area contributed by atoms with E-state index in [9.17, 15) is 13.6 Å². The molecule has 4 nitrogen and oxygen atoms in total. The van der Waals surface area contributed by atoms with Gasteiger partial charge in [-0.15, -0.1) is 0 Å². The average molecular weight is 360 g/mol. The van der Waals surface area contributed by atoms with E-state index in [1.807, 2.05) is 6.07 Å². The van der Waals surface area contributed by atoms with Crippen molar-refractivity contribution in [2.24, 2.45) is 5.92 Å². The summed E-state index contributed by atoms with van der Waals surface area (Å²) in [4.78, 5) is 12.7. The van der Waals surface area contributed by atoms with Crippen molar-refractivity contribution < 1.29 is 18.3 Å². The highest BCUT2D eigenvalue weighted by Gasteiger charge is 2.24. The largest absolute Gasteiger partial charge is 0.476 e. The van der Waals surface area contributed by atoms with Crippen LogP contribution in [0.2, 0.25) is 0 Å². The Morgan fingerprint density at radius 3 is 2.69 bits per heavy atom. The monoisotopic (exact) mass is 360 g/mol. The summed E-state index contributed by atoms with van der Waals surface area (Å²) in [5.74, 6) is -1.78. The molecule has 2 aromatic rings. The Balaban J connectivity index is 1.72. The minimum Gasteiger partial charge on any atom is -0.476 e. The maximum atomic E-state index is 13.5. The van der Waals surface area contributed by atoms with Gasteiger partial charge in [0.15, 0.2) is 11.6 Å². The summed E-state index contributed by atoms with van der Waals surface area (Å²) in [7, 11) is 0. The van der Waals surface area contributed by atoms with Crippen molar-refractivity contribution in [1.29, 1.82) is 0 Å². The van der Waals surface area contributed by atoms with Gasteiger partial charge in [-0.3, -0.25) is 4.79 Å². The van der Waals surface area contributed by atoms with Crippen molar-refractivity contribution in [2.45, 2.75) is 18.9 Å². The van der Waals surface area contributed by atoms with Crippen LogP contribution in [0.1, 0.15) is 24.5 Å². The number of ether oxygens (including phenoxy) is 1. The molecule has 2 unspecified atom stereocenters. The number of nitrogens with one attached hydrogen (secondary N) is 2. The molecule has 2 aromatic carbocycles. The topological polar surface area (TPSA) is 50.4 Å². The zero-order valence-corrected chi connectivity index (χ0v) is 14.4. The molecule has 1 aliphatic heterocycles. The molecule has 0 spiro atoms. The number of piperidine rings is 1. The van der Waals surface area contributed by atoms with Crippen molar-refractivity contribution in [1.82, 2.24) is 10.6 Å². The van der Waals surface area contributed by atoms with E-state index in [-0.39, 0.29) is 11.7 Å². The normalized spacial score (nSPS) is 18.2. The Morgan fingerprint density at radius 1 is 1.19 bits per heavy atom. The van der Waals surface area contributed by atoms with Gasteiger partial charge in [-0.05, 0) is 44.0 Å². The van der Waals surface area contributed by atoms with Crippen molar-refractivity contribution in [3.8, 4) is 5.75 Å². The third kappa shape index (κ3) is 4.79. The second-order valence-corrected chi connectivity index (χ2v) is 6.44. The third-order valence-corrected chi connectivity index (χ3v) is 4.45. The predicted octanol–water partition coefficient (Wildman–Crippen LogP) is 3.20. The summed E-state index contributed by atoms with van der Waals surface area (Å²) in [6.45, 7) is 2.44. The van der Waals surface area contributed by atoms with Crippen LogP contribution in [0.25, 0.3) is 0 Å². The number of carbonyl (C=O) groups is 1. The van der Waals surface area contributed by atoms with Gasteiger partial charge in [0.2, 0.25) is 6.10 Å². The fourth-order valence-electron chi connectivity index (χ4n) is 3.02. The van der Waals surface area contributed by atoms with Crippen LogP contribution in [0.3, 0.4) is 0 Å². The molecule has 26 heavy (non-hydrogen) atoms. The number of hydrogen-bond donors (Lipinski definition) is 2. The lowest BCUT2D eigenvalue weighted by molar-refractivity contribution is -0.128. The summed E-state index contributed by atoms with van der Waals surface area (Å²) in [5, 5.41) is 6.24. The van der Waals surface area contributed by atoms with Crippen molar-refractivity contribution >= 4 is 5.91 Å². The molecule has 2 atom stereocenters. The molecule has 1 amide bonds. The first-order valence-electron chi connectivity index (χ1n) is 8.78. The first-order chi connectivity index (χ1) is 12.6. The van der Waals surface area contributed by atoms with Crippen molar-refractivity contribution in [2.75, 3.05) is 19.6 Å². The van der Waals surface area contributed by atoms with Crippen LogP contribution < -0.4 is 15.4 Å². The first-order valence-corrected chi connectivity index (χ1v) is 8.78. The van der Waals surface area contributed by atoms with Gasteiger partial charge in [0, 0.05) is 18.2 Å². The SMILES string of the molecule is O=C(NCC1CCCNC1)C(Oc1ccc(F)c(F)c1)c1ccccc1. The molecule has 138 valence electrons. The van der Waals surface area contributed by atoms with Crippen LogP contribution >= 0.6 is 0 Å². The molecule has 6 heteroatoms. The molecule has 2 N–H and O–H groups in total. The molecule has 0 bridgehead atoms. The van der Waals surface area contributed by atoms with Crippen molar-refractivity contribution in [3.63, 3.8) is 0 Å². The van der Waals surface area contributed by atoms with E-state index in [4.69, 9.17) is 4.74 Å². The zero-order chi connectivity index (χ0) is 18.4. The molecule has 3 rings (SSSR count). The van der Waals surface area contributed by atoms with Crippen LogP contribution in [0.4, 0.5) is 8.78 Å². The minimum atomic E-state index is -1.01. The molecule has 0 aromatic heterocycles. The van der Waals surface area contributed by atoms with Gasteiger partial charge in [0.1, 0.15) is 5.75 Å². The lowest BCUT2D eigenvalue weighted by Crippen LogP contribution is -2.40. The fourth-order valence-corrected chi connectivity index (χ4v) is 3.02. The van der Waals surface area contributed by atoms with Gasteiger partial charge >= 0.3 is 0 Å². The lowest BCUT2D eigenvalue weighted by Gasteiger charge is -2.25. The highest BCUT2D eigenvalue weighted by Crippen LogP contribution is 2.24. The maximum Gasteiger partial charge on any atom is 0.265 e. The van der Waals surface area contributed by atoms with Crippen LogP contribution in [0.5, 0.6) is 5.75 Å².